The van der Waals surface area contributed by atoms with Crippen LogP contribution in [0.1, 0.15) is 22.7 Å². The van der Waals surface area contributed by atoms with Gasteiger partial charge in [0.1, 0.15) is 17.3 Å². The fourth-order valence-corrected chi connectivity index (χ4v) is 6.50. The number of benzene rings is 4. The van der Waals surface area contributed by atoms with E-state index in [1.807, 2.05) is 60.7 Å². The second kappa shape index (κ2) is 12.2. The zero-order valence-corrected chi connectivity index (χ0v) is 24.3. The van der Waals surface area contributed by atoms with Gasteiger partial charge in [-0.1, -0.05) is 107 Å². The highest BCUT2D eigenvalue weighted by molar-refractivity contribution is 8.00. The first-order valence-corrected chi connectivity index (χ1v) is 15.1. The number of ketones is 1. The molecule has 0 saturated carbocycles. The lowest BCUT2D eigenvalue weighted by molar-refractivity contribution is -0.132. The van der Waals surface area contributed by atoms with Crippen LogP contribution in [0, 0.1) is 0 Å². The number of ether oxygens (including phenoxy) is 1. The molecule has 6 rings (SSSR count). The van der Waals surface area contributed by atoms with Gasteiger partial charge in [-0.15, -0.1) is 10.2 Å². The van der Waals surface area contributed by atoms with E-state index < -0.39 is 17.7 Å². The zero-order chi connectivity index (χ0) is 29.1. The van der Waals surface area contributed by atoms with Crippen molar-refractivity contribution >= 4 is 57.3 Å². The number of amides is 1. The molecular formula is C32H22ClN3O4S2. The molecule has 0 bridgehead atoms. The van der Waals surface area contributed by atoms with E-state index in [0.717, 1.165) is 5.56 Å². The molecule has 0 aliphatic carbocycles. The lowest BCUT2D eigenvalue weighted by Crippen LogP contribution is -2.29. The summed E-state index contributed by atoms with van der Waals surface area (Å²) in [6, 6.07) is 31.7. The van der Waals surface area contributed by atoms with Gasteiger partial charge in [0.25, 0.3) is 5.78 Å². The summed E-state index contributed by atoms with van der Waals surface area (Å²) in [4.78, 5) is 28.4. The highest BCUT2D eigenvalue weighted by Crippen LogP contribution is 2.44. The molecule has 1 amide bonds. The van der Waals surface area contributed by atoms with Crippen molar-refractivity contribution in [2.24, 2.45) is 0 Å². The Morgan fingerprint density at radius 3 is 2.31 bits per heavy atom. The number of halogens is 1. The molecule has 1 unspecified atom stereocenters. The Labute approximate surface area is 255 Å². The normalized spacial score (nSPS) is 16.1. The van der Waals surface area contributed by atoms with Gasteiger partial charge < -0.3 is 9.84 Å². The fraction of sp³-hybridized carbons (Fsp3) is 0.0625. The number of hydrogen-bond donors (Lipinski definition) is 1. The van der Waals surface area contributed by atoms with Crippen LogP contribution in [0.2, 0.25) is 5.02 Å². The predicted octanol–water partition coefficient (Wildman–Crippen LogP) is 7.90. The molecule has 5 aromatic rings. The summed E-state index contributed by atoms with van der Waals surface area (Å²) in [5.74, 6) is -0.0860. The average Bonchev–Trinajstić information content (AvgIpc) is 3.59. The topological polar surface area (TPSA) is 92.6 Å². The first kappa shape index (κ1) is 27.7. The van der Waals surface area contributed by atoms with Crippen LogP contribution in [0.4, 0.5) is 5.13 Å². The molecule has 4 aromatic carbocycles. The summed E-state index contributed by atoms with van der Waals surface area (Å²) in [5, 5.41) is 20.8. The van der Waals surface area contributed by atoms with Crippen LogP contribution >= 0.6 is 34.7 Å². The number of aliphatic hydroxyl groups excluding tert-OH is 1. The van der Waals surface area contributed by atoms with Gasteiger partial charge in [0.15, 0.2) is 4.34 Å². The van der Waals surface area contributed by atoms with Gasteiger partial charge in [0.05, 0.1) is 11.6 Å². The van der Waals surface area contributed by atoms with Crippen LogP contribution < -0.4 is 9.64 Å². The molecular weight excluding hydrogens is 590 g/mol. The lowest BCUT2D eigenvalue weighted by Gasteiger charge is -2.23. The highest BCUT2D eigenvalue weighted by atomic mass is 35.5. The molecule has 1 aliphatic rings. The number of rotatable bonds is 8. The number of aromatic nitrogens is 2. The monoisotopic (exact) mass is 611 g/mol. The van der Waals surface area contributed by atoms with Gasteiger partial charge in [-0.05, 0) is 47.5 Å². The molecule has 1 atom stereocenters. The van der Waals surface area contributed by atoms with Crippen molar-refractivity contribution < 1.29 is 19.4 Å². The van der Waals surface area contributed by atoms with E-state index in [2.05, 4.69) is 10.2 Å². The van der Waals surface area contributed by atoms with Gasteiger partial charge in [-0.2, -0.15) is 0 Å². The molecule has 0 radical (unpaired) electrons. The van der Waals surface area contributed by atoms with E-state index in [9.17, 15) is 14.7 Å². The van der Waals surface area contributed by atoms with Crippen molar-refractivity contribution in [3.8, 4) is 11.5 Å². The number of anilines is 1. The maximum absolute atomic E-state index is 13.6. The molecule has 0 spiro atoms. The highest BCUT2D eigenvalue weighted by Gasteiger charge is 2.48. The predicted molar refractivity (Wildman–Crippen MR) is 165 cm³/mol. The van der Waals surface area contributed by atoms with Crippen LogP contribution in [-0.2, 0) is 15.3 Å². The average molecular weight is 612 g/mol. The van der Waals surface area contributed by atoms with Crippen molar-refractivity contribution in [1.82, 2.24) is 10.2 Å². The number of nitrogens with zero attached hydrogens (tertiary/aromatic N) is 3. The van der Waals surface area contributed by atoms with Gasteiger partial charge in [0, 0.05) is 16.3 Å². The Morgan fingerprint density at radius 2 is 1.57 bits per heavy atom. The minimum absolute atomic E-state index is 0.0337. The van der Waals surface area contributed by atoms with Crippen LogP contribution in [-0.4, -0.2) is 27.0 Å². The Morgan fingerprint density at radius 1 is 0.881 bits per heavy atom. The van der Waals surface area contributed by atoms with Crippen molar-refractivity contribution in [3.05, 3.63) is 136 Å². The minimum Gasteiger partial charge on any atom is -0.507 e. The second-order valence-corrected chi connectivity index (χ2v) is 11.9. The number of hydrogen-bond acceptors (Lipinski definition) is 8. The van der Waals surface area contributed by atoms with Crippen molar-refractivity contribution in [2.75, 3.05) is 4.90 Å². The molecule has 2 heterocycles. The zero-order valence-electron chi connectivity index (χ0n) is 21.9. The quantitative estimate of drug-likeness (QED) is 0.0627. The molecule has 1 aromatic heterocycles. The summed E-state index contributed by atoms with van der Waals surface area (Å²) in [7, 11) is 0. The van der Waals surface area contributed by atoms with Crippen LogP contribution in [0.15, 0.2) is 119 Å². The summed E-state index contributed by atoms with van der Waals surface area (Å²) < 4.78 is 6.66. The van der Waals surface area contributed by atoms with Gasteiger partial charge in [0.2, 0.25) is 5.13 Å². The molecule has 10 heteroatoms. The molecule has 1 aliphatic heterocycles. The summed E-state index contributed by atoms with van der Waals surface area (Å²) in [6.45, 7) is 0. The third-order valence-corrected chi connectivity index (χ3v) is 8.90. The Balaban J connectivity index is 1.38. The fourth-order valence-electron chi connectivity index (χ4n) is 4.55. The van der Waals surface area contributed by atoms with Crippen LogP contribution in [0.3, 0.4) is 0 Å². The number of Topliss-reactive ketones (excluding diaryl/α,β-unsaturated/α-hetero) is 1. The lowest BCUT2D eigenvalue weighted by atomic mass is 9.95. The molecule has 42 heavy (non-hydrogen) atoms. The molecule has 1 N–H and O–H groups in total. The van der Waals surface area contributed by atoms with Crippen LogP contribution in [0.5, 0.6) is 11.5 Å². The van der Waals surface area contributed by atoms with E-state index in [1.165, 1.54) is 28.0 Å². The maximum Gasteiger partial charge on any atom is 0.301 e. The number of aliphatic hydroxyl groups is 1. The SMILES string of the molecule is O=C1C(=O)N(c2nnc(SCc3ccc(Cl)cc3)s2)C(c2cccc(Oc3ccccc3)c2)/C1=C(/O)c1ccccc1. The van der Waals surface area contributed by atoms with E-state index >= 15 is 0 Å². The molecule has 1 saturated heterocycles. The molecule has 1 fully saturated rings. The standard InChI is InChI=1S/C32H22ClN3O4S2/c33-23-16-14-20(15-17-23)19-41-32-35-34-31(42-32)36-27(22-10-7-13-25(18-22)40-24-11-5-2-6-12-24)26(29(38)30(36)39)28(37)21-8-3-1-4-9-21/h1-18,27,37H,19H2/b28-26-. The molecule has 208 valence electrons. The van der Waals surface area contributed by atoms with E-state index in [0.29, 0.717) is 37.7 Å². The maximum atomic E-state index is 13.6. The van der Waals surface area contributed by atoms with Crippen LogP contribution in [0.25, 0.3) is 5.76 Å². The third kappa shape index (κ3) is 5.80. The van der Waals surface area contributed by atoms with E-state index in [4.69, 9.17) is 16.3 Å². The van der Waals surface area contributed by atoms with Crippen molar-refractivity contribution in [2.45, 2.75) is 16.1 Å². The summed E-state index contributed by atoms with van der Waals surface area (Å²) in [6.07, 6.45) is 0. The Hall–Kier alpha value is -4.44. The first-order chi connectivity index (χ1) is 20.5. The Kier molecular flexibility index (Phi) is 8.05. The smallest absolute Gasteiger partial charge is 0.301 e. The third-order valence-electron chi connectivity index (χ3n) is 6.52. The van der Waals surface area contributed by atoms with Gasteiger partial charge in [-0.3, -0.25) is 14.5 Å². The first-order valence-electron chi connectivity index (χ1n) is 12.9. The second-order valence-electron chi connectivity index (χ2n) is 9.29. The van der Waals surface area contributed by atoms with E-state index in [-0.39, 0.29) is 16.5 Å². The van der Waals surface area contributed by atoms with E-state index in [1.54, 1.807) is 48.5 Å². The number of thioether (sulfide) groups is 1. The number of carbonyl (C=O) groups is 2. The Bertz CT molecular complexity index is 1780. The van der Waals surface area contributed by atoms with Gasteiger partial charge in [-0.25, -0.2) is 0 Å². The molecule has 7 nitrogen and oxygen atoms in total. The largest absolute Gasteiger partial charge is 0.507 e. The summed E-state index contributed by atoms with van der Waals surface area (Å²) in [5.41, 5.74) is 2.02. The van der Waals surface area contributed by atoms with Crippen molar-refractivity contribution in [3.63, 3.8) is 0 Å². The summed E-state index contributed by atoms with van der Waals surface area (Å²) >= 11 is 8.66. The van der Waals surface area contributed by atoms with Gasteiger partial charge >= 0.3 is 5.91 Å². The number of carbonyl (C=O) groups excluding carboxylic acids is 2. The minimum atomic E-state index is -0.952. The van der Waals surface area contributed by atoms with Crippen molar-refractivity contribution in [1.29, 1.82) is 0 Å². The number of para-hydroxylation sites is 1.